The van der Waals surface area contributed by atoms with E-state index in [1.165, 1.54) is 0 Å². The molecule has 0 aliphatic carbocycles. The van der Waals surface area contributed by atoms with Crippen LogP contribution in [-0.4, -0.2) is 35.6 Å². The Hall–Kier alpha value is -1.16. The lowest BCUT2D eigenvalue weighted by atomic mass is 10.2. The number of rotatable bonds is 3. The van der Waals surface area contributed by atoms with E-state index in [0.717, 1.165) is 49.8 Å². The first kappa shape index (κ1) is 12.3. The van der Waals surface area contributed by atoms with Gasteiger partial charge in [0.05, 0.1) is 0 Å². The van der Waals surface area contributed by atoms with E-state index < -0.39 is 0 Å². The number of nitrogens with one attached hydrogen (secondary N) is 1. The minimum Gasteiger partial charge on any atom is -0.336 e. The van der Waals surface area contributed by atoms with Crippen LogP contribution >= 0.6 is 0 Å². The van der Waals surface area contributed by atoms with Crippen LogP contribution in [0.1, 0.15) is 32.2 Å². The van der Waals surface area contributed by atoms with Gasteiger partial charge in [-0.3, -0.25) is 0 Å². The van der Waals surface area contributed by atoms with Crippen molar-refractivity contribution >= 4 is 5.95 Å². The van der Waals surface area contributed by atoms with Gasteiger partial charge in [-0.15, -0.1) is 0 Å². The van der Waals surface area contributed by atoms with Crippen LogP contribution in [0.4, 0.5) is 5.95 Å². The number of anilines is 1. The van der Waals surface area contributed by atoms with E-state index in [-0.39, 0.29) is 0 Å². The van der Waals surface area contributed by atoms with Crippen molar-refractivity contribution in [2.75, 3.05) is 24.5 Å². The monoisotopic (exact) mass is 234 g/mol. The molecule has 1 atom stereocenters. The summed E-state index contributed by atoms with van der Waals surface area (Å²) in [7, 11) is 0. The van der Waals surface area contributed by atoms with Crippen molar-refractivity contribution in [3.8, 4) is 0 Å². The molecule has 1 N–H and O–H groups in total. The van der Waals surface area contributed by atoms with Gasteiger partial charge in [0.25, 0.3) is 0 Å². The number of piperazine rings is 1. The Balaban J connectivity index is 2.29. The zero-order valence-corrected chi connectivity index (χ0v) is 11.0. The lowest BCUT2D eigenvalue weighted by molar-refractivity contribution is 0.492. The van der Waals surface area contributed by atoms with Gasteiger partial charge in [-0.2, -0.15) is 0 Å². The van der Waals surface area contributed by atoms with E-state index in [0.29, 0.717) is 6.04 Å². The van der Waals surface area contributed by atoms with Crippen molar-refractivity contribution in [1.82, 2.24) is 15.3 Å². The maximum absolute atomic E-state index is 4.66. The van der Waals surface area contributed by atoms with Crippen LogP contribution in [0, 0.1) is 0 Å². The fourth-order valence-electron chi connectivity index (χ4n) is 2.17. The summed E-state index contributed by atoms with van der Waals surface area (Å²) in [5, 5.41) is 3.39. The van der Waals surface area contributed by atoms with Crippen molar-refractivity contribution in [3.05, 3.63) is 17.5 Å². The number of aryl methyl sites for hydroxylation is 2. The summed E-state index contributed by atoms with van der Waals surface area (Å²) in [6.07, 6.45) is 1.95. The Labute approximate surface area is 103 Å². The van der Waals surface area contributed by atoms with E-state index in [1.807, 2.05) is 0 Å². The Morgan fingerprint density at radius 1 is 1.29 bits per heavy atom. The zero-order valence-electron chi connectivity index (χ0n) is 11.0. The van der Waals surface area contributed by atoms with Gasteiger partial charge in [0.15, 0.2) is 0 Å². The van der Waals surface area contributed by atoms with Crippen molar-refractivity contribution in [2.45, 2.75) is 39.7 Å². The predicted octanol–water partition coefficient (Wildman–Crippen LogP) is 1.40. The van der Waals surface area contributed by atoms with E-state index in [4.69, 9.17) is 0 Å². The van der Waals surface area contributed by atoms with Crippen LogP contribution in [-0.2, 0) is 12.8 Å². The zero-order chi connectivity index (χ0) is 12.3. The molecule has 0 radical (unpaired) electrons. The third-order valence-electron chi connectivity index (χ3n) is 3.30. The largest absolute Gasteiger partial charge is 0.336 e. The van der Waals surface area contributed by atoms with Gasteiger partial charge in [0.2, 0.25) is 5.95 Å². The topological polar surface area (TPSA) is 41.1 Å². The van der Waals surface area contributed by atoms with Crippen molar-refractivity contribution in [2.24, 2.45) is 0 Å². The summed E-state index contributed by atoms with van der Waals surface area (Å²) in [6.45, 7) is 9.55. The fourth-order valence-corrected chi connectivity index (χ4v) is 2.17. The van der Waals surface area contributed by atoms with Gasteiger partial charge in [-0.25, -0.2) is 9.97 Å². The quantitative estimate of drug-likeness (QED) is 0.858. The van der Waals surface area contributed by atoms with E-state index >= 15 is 0 Å². The molecule has 17 heavy (non-hydrogen) atoms. The normalized spacial score (nSPS) is 20.6. The van der Waals surface area contributed by atoms with E-state index in [9.17, 15) is 0 Å². The molecule has 2 rings (SSSR count). The van der Waals surface area contributed by atoms with Crippen molar-refractivity contribution in [1.29, 1.82) is 0 Å². The lowest BCUT2D eigenvalue weighted by Gasteiger charge is -2.34. The first-order valence-corrected chi connectivity index (χ1v) is 6.58. The van der Waals surface area contributed by atoms with Gasteiger partial charge in [-0.1, -0.05) is 13.8 Å². The molecule has 0 spiro atoms. The predicted molar refractivity (Wildman–Crippen MR) is 70.5 cm³/mol. The molecule has 94 valence electrons. The van der Waals surface area contributed by atoms with E-state index in [2.05, 4.69) is 47.0 Å². The highest BCUT2D eigenvalue weighted by molar-refractivity contribution is 5.35. The molecule has 4 heteroatoms. The second kappa shape index (κ2) is 5.45. The molecule has 0 bridgehead atoms. The minimum absolute atomic E-state index is 0.473. The second-order valence-corrected chi connectivity index (χ2v) is 4.60. The first-order valence-electron chi connectivity index (χ1n) is 6.58. The maximum atomic E-state index is 4.66. The lowest BCUT2D eigenvalue weighted by Crippen LogP contribution is -2.50. The Morgan fingerprint density at radius 3 is 2.47 bits per heavy atom. The Kier molecular flexibility index (Phi) is 3.94. The molecule has 1 aromatic heterocycles. The summed E-state index contributed by atoms with van der Waals surface area (Å²) < 4.78 is 0. The van der Waals surface area contributed by atoms with Crippen LogP contribution in [0.2, 0.25) is 0 Å². The number of hydrogen-bond acceptors (Lipinski definition) is 4. The minimum atomic E-state index is 0.473. The van der Waals surface area contributed by atoms with Crippen LogP contribution < -0.4 is 10.2 Å². The number of hydrogen-bond donors (Lipinski definition) is 1. The number of nitrogens with zero attached hydrogens (tertiary/aromatic N) is 3. The Bertz CT molecular complexity index is 355. The van der Waals surface area contributed by atoms with Crippen LogP contribution in [0.25, 0.3) is 0 Å². The molecular weight excluding hydrogens is 212 g/mol. The van der Waals surface area contributed by atoms with Gasteiger partial charge in [-0.05, 0) is 25.8 Å². The SMILES string of the molecule is CCc1cc(CC)nc(N2CCNCC2C)n1. The standard InChI is InChI=1S/C13H22N4/c1-4-11-8-12(5-2)16-13(15-11)17-7-6-14-9-10(17)3/h8,10,14H,4-7,9H2,1-3H3. The highest BCUT2D eigenvalue weighted by Gasteiger charge is 2.20. The molecule has 1 aliphatic rings. The summed E-state index contributed by atoms with van der Waals surface area (Å²) in [5.41, 5.74) is 2.30. The molecule has 0 aromatic carbocycles. The van der Waals surface area contributed by atoms with Crippen molar-refractivity contribution in [3.63, 3.8) is 0 Å². The summed E-state index contributed by atoms with van der Waals surface area (Å²) >= 11 is 0. The summed E-state index contributed by atoms with van der Waals surface area (Å²) in [6, 6.07) is 2.59. The third-order valence-corrected chi connectivity index (χ3v) is 3.30. The van der Waals surface area contributed by atoms with Gasteiger partial charge < -0.3 is 10.2 Å². The van der Waals surface area contributed by atoms with Crippen LogP contribution in [0.5, 0.6) is 0 Å². The summed E-state index contributed by atoms with van der Waals surface area (Å²) in [4.78, 5) is 11.6. The average molecular weight is 234 g/mol. The molecule has 2 heterocycles. The number of aromatic nitrogens is 2. The van der Waals surface area contributed by atoms with Gasteiger partial charge in [0, 0.05) is 37.1 Å². The highest BCUT2D eigenvalue weighted by atomic mass is 15.3. The highest BCUT2D eigenvalue weighted by Crippen LogP contribution is 2.15. The second-order valence-electron chi connectivity index (χ2n) is 4.60. The molecule has 1 aromatic rings. The summed E-state index contributed by atoms with van der Waals surface area (Å²) in [5.74, 6) is 0.912. The third kappa shape index (κ3) is 2.75. The maximum Gasteiger partial charge on any atom is 0.226 e. The fraction of sp³-hybridized carbons (Fsp3) is 0.692. The average Bonchev–Trinajstić information content (AvgIpc) is 2.38. The molecule has 1 fully saturated rings. The molecule has 1 unspecified atom stereocenters. The van der Waals surface area contributed by atoms with Crippen molar-refractivity contribution < 1.29 is 0 Å². The molecule has 0 saturated carbocycles. The first-order chi connectivity index (χ1) is 8.24. The molecule has 1 aliphatic heterocycles. The van der Waals surface area contributed by atoms with Crippen LogP contribution in [0.3, 0.4) is 0 Å². The van der Waals surface area contributed by atoms with E-state index in [1.54, 1.807) is 0 Å². The molecule has 0 amide bonds. The molecule has 1 saturated heterocycles. The van der Waals surface area contributed by atoms with Gasteiger partial charge in [0.1, 0.15) is 0 Å². The molecule has 4 nitrogen and oxygen atoms in total. The smallest absolute Gasteiger partial charge is 0.226 e. The molecular formula is C13H22N4. The van der Waals surface area contributed by atoms with Crippen LogP contribution in [0.15, 0.2) is 6.07 Å². The Morgan fingerprint density at radius 2 is 1.94 bits per heavy atom. The van der Waals surface area contributed by atoms with Gasteiger partial charge >= 0.3 is 0 Å².